The number of rotatable bonds is 7. The first-order valence-electron chi connectivity index (χ1n) is 7.53. The maximum atomic E-state index is 12.0. The van der Waals surface area contributed by atoms with Gasteiger partial charge in [0.2, 0.25) is 11.1 Å². The number of benzene rings is 1. The van der Waals surface area contributed by atoms with Gasteiger partial charge in [-0.05, 0) is 30.3 Å². The molecule has 2 heterocycles. The number of amides is 1. The molecule has 11 heteroatoms. The van der Waals surface area contributed by atoms with Gasteiger partial charge in [-0.2, -0.15) is 0 Å². The van der Waals surface area contributed by atoms with Crippen LogP contribution in [0.4, 0.5) is 5.82 Å². The molecule has 2 N–H and O–H groups in total. The van der Waals surface area contributed by atoms with Gasteiger partial charge in [0.1, 0.15) is 12.4 Å². The molecule has 0 aliphatic rings. The minimum Gasteiger partial charge on any atom is -0.486 e. The van der Waals surface area contributed by atoms with Gasteiger partial charge in [-0.1, -0.05) is 46.6 Å². The minimum atomic E-state index is -0.291. The molecule has 0 radical (unpaired) electrons. The van der Waals surface area contributed by atoms with Gasteiger partial charge in [-0.15, -0.1) is 5.10 Å². The first-order valence-corrected chi connectivity index (χ1v) is 9.65. The monoisotopic (exact) mass is 443 g/mol. The quantitative estimate of drug-likeness (QED) is 0.522. The number of pyridine rings is 1. The number of hydrogen-bond donors (Lipinski definition) is 2. The molecule has 0 aliphatic heterocycles. The smallest absolute Gasteiger partial charge is 0.236 e. The lowest BCUT2D eigenvalue weighted by Gasteiger charge is -2.05. The SMILES string of the molecule is O=C(CSc1n[nH]c(COc2ccc(Cl)cc2)n1)Nc1ncc(Cl)cc1Cl. The molecule has 0 unspecified atom stereocenters. The minimum absolute atomic E-state index is 0.0932. The average molecular weight is 445 g/mol. The van der Waals surface area contributed by atoms with Crippen LogP contribution >= 0.6 is 46.6 Å². The first-order chi connectivity index (χ1) is 13.0. The Balaban J connectivity index is 1.47. The van der Waals surface area contributed by atoms with E-state index in [-0.39, 0.29) is 29.1 Å². The van der Waals surface area contributed by atoms with Crippen LogP contribution in [0.2, 0.25) is 15.1 Å². The number of H-pyrrole nitrogens is 1. The summed E-state index contributed by atoms with van der Waals surface area (Å²) in [4.78, 5) is 20.2. The Hall–Kier alpha value is -2.00. The number of aromatic nitrogens is 4. The number of hydrogen-bond acceptors (Lipinski definition) is 6. The van der Waals surface area contributed by atoms with Gasteiger partial charge >= 0.3 is 0 Å². The third kappa shape index (κ3) is 6.00. The molecule has 0 atom stereocenters. The van der Waals surface area contributed by atoms with Crippen LogP contribution in [0.3, 0.4) is 0 Å². The Labute approximate surface area is 173 Å². The zero-order chi connectivity index (χ0) is 19.2. The van der Waals surface area contributed by atoms with Gasteiger partial charge in [0.05, 0.1) is 15.8 Å². The van der Waals surface area contributed by atoms with E-state index in [1.54, 1.807) is 24.3 Å². The van der Waals surface area contributed by atoms with E-state index < -0.39 is 0 Å². The van der Waals surface area contributed by atoms with Crippen LogP contribution < -0.4 is 10.1 Å². The molecular formula is C16H12Cl3N5O2S. The lowest BCUT2D eigenvalue weighted by Crippen LogP contribution is -2.15. The van der Waals surface area contributed by atoms with Gasteiger partial charge in [-0.3, -0.25) is 9.89 Å². The van der Waals surface area contributed by atoms with Gasteiger partial charge in [-0.25, -0.2) is 9.97 Å². The van der Waals surface area contributed by atoms with E-state index in [0.717, 1.165) is 0 Å². The van der Waals surface area contributed by atoms with Crippen molar-refractivity contribution in [2.45, 2.75) is 11.8 Å². The second-order valence-corrected chi connectivity index (χ2v) is 7.35. The van der Waals surface area contributed by atoms with E-state index >= 15 is 0 Å². The zero-order valence-corrected chi connectivity index (χ0v) is 16.7. The maximum Gasteiger partial charge on any atom is 0.236 e. The number of carbonyl (C=O) groups is 1. The van der Waals surface area contributed by atoms with Crippen molar-refractivity contribution >= 4 is 58.3 Å². The highest BCUT2D eigenvalue weighted by molar-refractivity contribution is 7.99. The highest BCUT2D eigenvalue weighted by atomic mass is 35.5. The molecule has 1 aromatic carbocycles. The van der Waals surface area contributed by atoms with Crippen molar-refractivity contribution in [3.63, 3.8) is 0 Å². The number of halogens is 3. The van der Waals surface area contributed by atoms with Gasteiger partial charge in [0, 0.05) is 11.2 Å². The molecule has 3 aromatic rings. The molecule has 0 saturated heterocycles. The zero-order valence-electron chi connectivity index (χ0n) is 13.6. The summed E-state index contributed by atoms with van der Waals surface area (Å²) in [5, 5.41) is 11.1. The normalized spacial score (nSPS) is 10.6. The number of carbonyl (C=O) groups excluding carboxylic acids is 1. The molecular weight excluding hydrogens is 433 g/mol. The molecule has 0 bridgehead atoms. The fraction of sp³-hybridized carbons (Fsp3) is 0.125. The Morgan fingerprint density at radius 2 is 1.96 bits per heavy atom. The lowest BCUT2D eigenvalue weighted by atomic mass is 10.3. The number of nitrogens with one attached hydrogen (secondary N) is 2. The second-order valence-electron chi connectivity index (χ2n) is 5.13. The summed E-state index contributed by atoms with van der Waals surface area (Å²) in [5.41, 5.74) is 0. The first kappa shape index (κ1) is 19.8. The van der Waals surface area contributed by atoms with Crippen molar-refractivity contribution in [3.05, 3.63) is 57.4 Å². The van der Waals surface area contributed by atoms with Crippen LogP contribution in [-0.4, -0.2) is 31.8 Å². The molecule has 7 nitrogen and oxygen atoms in total. The van der Waals surface area contributed by atoms with E-state index in [9.17, 15) is 4.79 Å². The van der Waals surface area contributed by atoms with Crippen LogP contribution in [0.25, 0.3) is 0 Å². The molecule has 1 amide bonds. The maximum absolute atomic E-state index is 12.0. The number of nitrogens with zero attached hydrogens (tertiary/aromatic N) is 3. The van der Waals surface area contributed by atoms with Crippen molar-refractivity contribution in [2.24, 2.45) is 0 Å². The molecule has 3 rings (SSSR count). The number of anilines is 1. The number of ether oxygens (including phenoxy) is 1. The van der Waals surface area contributed by atoms with Crippen LogP contribution in [-0.2, 0) is 11.4 Å². The fourth-order valence-electron chi connectivity index (χ4n) is 1.89. The predicted octanol–water partition coefficient (Wildman–Crippen LogP) is 4.47. The van der Waals surface area contributed by atoms with E-state index in [0.29, 0.717) is 26.8 Å². The third-order valence-corrected chi connectivity index (χ3v) is 4.69. The van der Waals surface area contributed by atoms with Crippen molar-refractivity contribution < 1.29 is 9.53 Å². The predicted molar refractivity (Wildman–Crippen MR) is 106 cm³/mol. The molecule has 0 spiro atoms. The van der Waals surface area contributed by atoms with Crippen molar-refractivity contribution in [2.75, 3.05) is 11.1 Å². The highest BCUT2D eigenvalue weighted by Crippen LogP contribution is 2.23. The Morgan fingerprint density at radius 3 is 2.70 bits per heavy atom. The summed E-state index contributed by atoms with van der Waals surface area (Å²) in [6.07, 6.45) is 1.40. The van der Waals surface area contributed by atoms with Crippen LogP contribution in [0.15, 0.2) is 41.7 Å². The Bertz CT molecular complexity index is 936. The average Bonchev–Trinajstić information content (AvgIpc) is 3.10. The summed E-state index contributed by atoms with van der Waals surface area (Å²) in [6.45, 7) is 0.214. The number of thioether (sulfide) groups is 1. The summed E-state index contributed by atoms with van der Waals surface area (Å²) < 4.78 is 5.57. The van der Waals surface area contributed by atoms with Gasteiger partial charge < -0.3 is 10.1 Å². The summed E-state index contributed by atoms with van der Waals surface area (Å²) in [5.74, 6) is 1.25. The fourth-order valence-corrected chi connectivity index (χ4v) is 3.06. The Morgan fingerprint density at radius 1 is 1.19 bits per heavy atom. The molecule has 0 saturated carbocycles. The summed E-state index contributed by atoms with van der Waals surface area (Å²) in [7, 11) is 0. The topological polar surface area (TPSA) is 92.8 Å². The molecule has 0 aliphatic carbocycles. The molecule has 0 fully saturated rings. The van der Waals surface area contributed by atoms with E-state index in [1.807, 2.05) is 0 Å². The van der Waals surface area contributed by atoms with Crippen molar-refractivity contribution in [3.8, 4) is 5.75 Å². The number of aromatic amines is 1. The van der Waals surface area contributed by atoms with Gasteiger partial charge in [0.15, 0.2) is 11.6 Å². The van der Waals surface area contributed by atoms with Crippen molar-refractivity contribution in [1.29, 1.82) is 0 Å². The highest BCUT2D eigenvalue weighted by Gasteiger charge is 2.11. The van der Waals surface area contributed by atoms with Crippen LogP contribution in [0, 0.1) is 0 Å². The van der Waals surface area contributed by atoms with E-state index in [4.69, 9.17) is 39.5 Å². The third-order valence-electron chi connectivity index (χ3n) is 3.10. The van der Waals surface area contributed by atoms with E-state index in [2.05, 4.69) is 25.5 Å². The lowest BCUT2D eigenvalue weighted by molar-refractivity contribution is -0.113. The molecule has 27 heavy (non-hydrogen) atoms. The summed E-state index contributed by atoms with van der Waals surface area (Å²) >= 11 is 18.7. The van der Waals surface area contributed by atoms with Crippen LogP contribution in [0.5, 0.6) is 5.75 Å². The second kappa shape index (κ2) is 9.27. The summed E-state index contributed by atoms with van der Waals surface area (Å²) in [6, 6.07) is 8.49. The van der Waals surface area contributed by atoms with Crippen LogP contribution in [0.1, 0.15) is 5.82 Å². The molecule has 140 valence electrons. The van der Waals surface area contributed by atoms with Gasteiger partial charge in [0.25, 0.3) is 0 Å². The standard InChI is InChI=1S/C16H12Cl3N5O2S/c17-9-1-3-11(4-2-9)26-7-13-21-16(24-23-13)27-8-14(25)22-15-12(19)5-10(18)6-20-15/h1-6H,7-8H2,(H,20,22,25)(H,21,23,24). The van der Waals surface area contributed by atoms with Crippen molar-refractivity contribution in [1.82, 2.24) is 20.2 Å². The van der Waals surface area contributed by atoms with E-state index in [1.165, 1.54) is 24.0 Å². The Kier molecular flexibility index (Phi) is 6.78. The largest absolute Gasteiger partial charge is 0.486 e. The molecule has 2 aromatic heterocycles.